The minimum atomic E-state index is -0.704. The van der Waals surface area contributed by atoms with Crippen molar-refractivity contribution >= 4 is 29.4 Å². The van der Waals surface area contributed by atoms with E-state index >= 15 is 0 Å². The Kier molecular flexibility index (Phi) is 3.87. The fourth-order valence-corrected chi connectivity index (χ4v) is 1.02. The Morgan fingerprint density at radius 3 is 2.87 bits per heavy atom. The Bertz CT molecular complexity index is 392. The van der Waals surface area contributed by atoms with Gasteiger partial charge in [-0.3, -0.25) is 10.3 Å². The molecule has 0 radical (unpaired) electrons. The van der Waals surface area contributed by atoms with E-state index in [-0.39, 0.29) is 5.96 Å². The van der Waals surface area contributed by atoms with E-state index in [1.165, 1.54) is 7.05 Å². The van der Waals surface area contributed by atoms with Crippen LogP contribution in [0.4, 0.5) is 10.6 Å². The van der Waals surface area contributed by atoms with Gasteiger partial charge in [0.15, 0.2) is 0 Å². The summed E-state index contributed by atoms with van der Waals surface area (Å²) in [5.41, 5.74) is 4.94. The van der Waals surface area contributed by atoms with Gasteiger partial charge in [0.25, 0.3) is 0 Å². The number of nitrogens with two attached hydrogens (primary N) is 1. The number of amides is 2. The molecule has 0 saturated heterocycles. The minimum Gasteiger partial charge on any atom is -0.351 e. The van der Waals surface area contributed by atoms with Gasteiger partial charge < -0.3 is 11.1 Å². The van der Waals surface area contributed by atoms with Crippen molar-refractivity contribution in [3.05, 3.63) is 23.4 Å². The van der Waals surface area contributed by atoms with Gasteiger partial charge in [-0.1, -0.05) is 17.7 Å². The number of rotatable bonds is 1. The summed E-state index contributed by atoms with van der Waals surface area (Å²) < 4.78 is 0. The first-order chi connectivity index (χ1) is 7.11. The molecule has 0 unspecified atom stereocenters. The zero-order valence-corrected chi connectivity index (χ0v) is 8.75. The summed E-state index contributed by atoms with van der Waals surface area (Å²) in [7, 11) is 1.50. The molecule has 1 rings (SSSR count). The molecule has 0 aliphatic rings. The molecule has 1 heterocycles. The van der Waals surface area contributed by atoms with Crippen LogP contribution in [0.1, 0.15) is 0 Å². The molecule has 0 spiro atoms. The lowest BCUT2D eigenvalue weighted by Crippen LogP contribution is -2.39. The highest BCUT2D eigenvalue weighted by Crippen LogP contribution is 2.08. The fraction of sp³-hybridized carbons (Fsp3) is 0.125. The number of pyridine rings is 1. The number of carbonyl (C=O) groups excluding carboxylic acids is 1. The molecule has 1 aromatic heterocycles. The summed E-state index contributed by atoms with van der Waals surface area (Å²) in [4.78, 5) is 18.3. The molecule has 0 fully saturated rings. The SMILES string of the molecule is CN=C(NC(N)=O)Nc1cccc(Cl)n1. The predicted molar refractivity (Wildman–Crippen MR) is 58.9 cm³/mol. The number of hydrogen-bond donors (Lipinski definition) is 3. The number of halogens is 1. The van der Waals surface area contributed by atoms with Crippen molar-refractivity contribution in [2.75, 3.05) is 12.4 Å². The van der Waals surface area contributed by atoms with Crippen molar-refractivity contribution in [3.8, 4) is 0 Å². The van der Waals surface area contributed by atoms with Gasteiger partial charge in [-0.15, -0.1) is 0 Å². The van der Waals surface area contributed by atoms with Gasteiger partial charge >= 0.3 is 6.03 Å². The normalized spacial score (nSPS) is 10.9. The summed E-state index contributed by atoms with van der Waals surface area (Å²) >= 11 is 5.67. The number of aliphatic imine (C=N–C) groups is 1. The van der Waals surface area contributed by atoms with Crippen LogP contribution in [0.15, 0.2) is 23.2 Å². The fourth-order valence-electron chi connectivity index (χ4n) is 0.859. The lowest BCUT2D eigenvalue weighted by atomic mass is 10.4. The van der Waals surface area contributed by atoms with E-state index in [0.29, 0.717) is 11.0 Å². The van der Waals surface area contributed by atoms with Crippen LogP contribution >= 0.6 is 11.6 Å². The van der Waals surface area contributed by atoms with E-state index in [0.717, 1.165) is 0 Å². The van der Waals surface area contributed by atoms with Crippen molar-refractivity contribution in [1.29, 1.82) is 0 Å². The molecule has 7 heteroatoms. The average Bonchev–Trinajstić information content (AvgIpc) is 2.16. The average molecular weight is 228 g/mol. The van der Waals surface area contributed by atoms with Crippen LogP contribution in [0.25, 0.3) is 0 Å². The quantitative estimate of drug-likeness (QED) is 0.376. The van der Waals surface area contributed by atoms with E-state index in [1.54, 1.807) is 18.2 Å². The Hall–Kier alpha value is -1.82. The molecule has 2 amide bonds. The number of primary amides is 1. The largest absolute Gasteiger partial charge is 0.351 e. The molecule has 80 valence electrons. The second-order valence-corrected chi connectivity index (χ2v) is 2.92. The van der Waals surface area contributed by atoms with Crippen LogP contribution in [-0.4, -0.2) is 24.0 Å². The third kappa shape index (κ3) is 3.82. The molecular weight excluding hydrogens is 218 g/mol. The number of nitrogens with one attached hydrogen (secondary N) is 2. The number of aromatic nitrogens is 1. The zero-order valence-electron chi connectivity index (χ0n) is 7.99. The lowest BCUT2D eigenvalue weighted by Gasteiger charge is -2.07. The highest BCUT2D eigenvalue weighted by molar-refractivity contribution is 6.29. The predicted octanol–water partition coefficient (Wildman–Crippen LogP) is 0.801. The van der Waals surface area contributed by atoms with Crippen molar-refractivity contribution < 1.29 is 4.79 Å². The van der Waals surface area contributed by atoms with Crippen LogP contribution in [0.2, 0.25) is 5.15 Å². The summed E-state index contributed by atoms with van der Waals surface area (Å²) in [6.45, 7) is 0. The van der Waals surface area contributed by atoms with Gasteiger partial charge in [-0.25, -0.2) is 9.78 Å². The molecule has 0 aliphatic heterocycles. The highest BCUT2D eigenvalue weighted by Gasteiger charge is 2.02. The summed E-state index contributed by atoms with van der Waals surface area (Å²) in [5, 5.41) is 5.38. The number of carbonyl (C=O) groups is 1. The van der Waals surface area contributed by atoms with Crippen molar-refractivity contribution in [2.45, 2.75) is 0 Å². The topological polar surface area (TPSA) is 92.4 Å². The van der Waals surface area contributed by atoms with Crippen LogP contribution in [0.5, 0.6) is 0 Å². The van der Waals surface area contributed by atoms with Gasteiger partial charge in [-0.05, 0) is 12.1 Å². The van der Waals surface area contributed by atoms with Crippen molar-refractivity contribution in [1.82, 2.24) is 10.3 Å². The maximum atomic E-state index is 10.6. The first-order valence-corrected chi connectivity index (χ1v) is 4.42. The van der Waals surface area contributed by atoms with E-state index in [2.05, 4.69) is 20.6 Å². The minimum absolute atomic E-state index is 0.206. The first-order valence-electron chi connectivity index (χ1n) is 4.04. The van der Waals surface area contributed by atoms with Crippen LogP contribution in [0.3, 0.4) is 0 Å². The van der Waals surface area contributed by atoms with E-state index < -0.39 is 6.03 Å². The van der Waals surface area contributed by atoms with Gasteiger partial charge in [0.1, 0.15) is 11.0 Å². The van der Waals surface area contributed by atoms with Crippen molar-refractivity contribution in [2.24, 2.45) is 10.7 Å². The molecule has 6 nitrogen and oxygen atoms in total. The third-order valence-corrected chi connectivity index (χ3v) is 1.64. The molecule has 0 atom stereocenters. The smallest absolute Gasteiger partial charge is 0.318 e. The Labute approximate surface area is 91.5 Å². The molecule has 0 bridgehead atoms. The highest BCUT2D eigenvalue weighted by atomic mass is 35.5. The zero-order chi connectivity index (χ0) is 11.3. The Morgan fingerprint density at radius 2 is 2.33 bits per heavy atom. The monoisotopic (exact) mass is 227 g/mol. The third-order valence-electron chi connectivity index (χ3n) is 1.43. The van der Waals surface area contributed by atoms with E-state index in [4.69, 9.17) is 17.3 Å². The van der Waals surface area contributed by atoms with Crippen LogP contribution in [0, 0.1) is 0 Å². The second-order valence-electron chi connectivity index (χ2n) is 2.53. The molecule has 4 N–H and O–H groups in total. The van der Waals surface area contributed by atoms with Gasteiger partial charge in [0.2, 0.25) is 5.96 Å². The molecule has 0 saturated carbocycles. The second kappa shape index (κ2) is 5.16. The molecule has 0 aromatic carbocycles. The molecule has 1 aromatic rings. The van der Waals surface area contributed by atoms with Crippen LogP contribution < -0.4 is 16.4 Å². The first kappa shape index (κ1) is 11.3. The van der Waals surface area contributed by atoms with Crippen LogP contribution in [-0.2, 0) is 0 Å². The number of hydrogen-bond acceptors (Lipinski definition) is 3. The Morgan fingerprint density at radius 1 is 1.60 bits per heavy atom. The Balaban J connectivity index is 2.71. The maximum absolute atomic E-state index is 10.6. The number of urea groups is 1. The maximum Gasteiger partial charge on any atom is 0.318 e. The summed E-state index contributed by atoms with van der Waals surface area (Å²) in [6, 6.07) is 4.33. The molecular formula is C8H10ClN5O. The number of nitrogens with zero attached hydrogens (tertiary/aromatic N) is 2. The molecule has 0 aliphatic carbocycles. The van der Waals surface area contributed by atoms with Gasteiger partial charge in [-0.2, -0.15) is 0 Å². The van der Waals surface area contributed by atoms with Gasteiger partial charge in [0, 0.05) is 7.05 Å². The van der Waals surface area contributed by atoms with Gasteiger partial charge in [0.05, 0.1) is 0 Å². The molecule has 15 heavy (non-hydrogen) atoms. The number of anilines is 1. The standard InChI is InChI=1S/C8H10ClN5O/c1-11-8(14-7(10)15)13-6-4-2-3-5(9)12-6/h2-4H,1H3,(H4,10,11,12,13,14,15). The summed E-state index contributed by atoms with van der Waals surface area (Å²) in [6.07, 6.45) is 0. The van der Waals surface area contributed by atoms with Crippen molar-refractivity contribution in [3.63, 3.8) is 0 Å². The van der Waals surface area contributed by atoms with E-state index in [1.807, 2.05) is 0 Å². The summed E-state index contributed by atoms with van der Waals surface area (Å²) in [5.74, 6) is 0.675. The number of guanidine groups is 1. The van der Waals surface area contributed by atoms with E-state index in [9.17, 15) is 4.79 Å². The lowest BCUT2D eigenvalue weighted by molar-refractivity contribution is 0.253.